The molecule has 0 N–H and O–H groups in total. The normalized spacial score (nSPS) is 20.3. The fraction of sp³-hybridized carbons (Fsp3) is 0.353. The fourth-order valence-electron chi connectivity index (χ4n) is 2.74. The highest BCUT2D eigenvalue weighted by atomic mass is 16.5. The molecule has 4 nitrogen and oxygen atoms in total. The summed E-state index contributed by atoms with van der Waals surface area (Å²) >= 11 is 0. The van der Waals surface area contributed by atoms with Crippen LogP contribution in [-0.2, 0) is 5.21 Å². The second-order valence-corrected chi connectivity index (χ2v) is 6.56. The minimum atomic E-state index is -0.787. The summed E-state index contributed by atoms with van der Waals surface area (Å²) in [5.41, 5.74) is 1.07. The van der Waals surface area contributed by atoms with Crippen LogP contribution in [0, 0.1) is 5.21 Å². The van der Waals surface area contributed by atoms with E-state index in [0.717, 1.165) is 20.9 Å². The minimum absolute atomic E-state index is 0.200. The lowest BCUT2D eigenvalue weighted by atomic mass is 9.84. The van der Waals surface area contributed by atoms with Gasteiger partial charge in [0.15, 0.2) is 5.54 Å². The Kier molecular flexibility index (Phi) is 2.79. The number of hydroxylamine groups is 3. The summed E-state index contributed by atoms with van der Waals surface area (Å²) in [4.78, 5) is 0. The van der Waals surface area contributed by atoms with Gasteiger partial charge in [0.05, 0.1) is 5.56 Å². The number of fused-ring (bicyclic) bond motifs is 1. The van der Waals surface area contributed by atoms with E-state index >= 15 is 0 Å². The molecule has 0 spiro atoms. The van der Waals surface area contributed by atoms with Crippen molar-refractivity contribution in [1.29, 1.82) is 0 Å². The third-order valence-corrected chi connectivity index (χ3v) is 4.93. The van der Waals surface area contributed by atoms with Crippen molar-refractivity contribution in [3.63, 3.8) is 0 Å². The van der Waals surface area contributed by atoms with Crippen LogP contribution in [0.3, 0.4) is 0 Å². The monoisotopic (exact) mass is 283 g/mol. The lowest BCUT2D eigenvalue weighted by molar-refractivity contribution is -0.539. The van der Waals surface area contributed by atoms with E-state index in [1.165, 1.54) is 0 Å². The van der Waals surface area contributed by atoms with Crippen LogP contribution >= 0.6 is 0 Å². The summed E-state index contributed by atoms with van der Waals surface area (Å²) in [5, 5.41) is 26.3. The second-order valence-electron chi connectivity index (χ2n) is 6.56. The van der Waals surface area contributed by atoms with Crippen molar-refractivity contribution in [2.24, 2.45) is 0 Å². The summed E-state index contributed by atoms with van der Waals surface area (Å²) in [6, 6.07) is 13.5. The van der Waals surface area contributed by atoms with E-state index in [9.17, 15) is 10.4 Å². The van der Waals surface area contributed by atoms with Crippen molar-refractivity contribution >= 4 is 5.84 Å². The molecule has 0 saturated heterocycles. The Morgan fingerprint density at radius 1 is 0.952 bits per heavy atom. The molecule has 0 aromatic rings. The number of rotatable bonds is 1. The Hall–Kier alpha value is -2.07. The van der Waals surface area contributed by atoms with Crippen LogP contribution in [0.4, 0.5) is 0 Å². The molecular formula is C17H19N2O2. The highest BCUT2D eigenvalue weighted by Crippen LogP contribution is 2.39. The summed E-state index contributed by atoms with van der Waals surface area (Å²) in [5.74, 6) is 0.200. The highest BCUT2D eigenvalue weighted by Gasteiger charge is 2.60. The van der Waals surface area contributed by atoms with Gasteiger partial charge in [0, 0.05) is 5.21 Å². The number of amidine groups is 1. The smallest absolute Gasteiger partial charge is 0.317 e. The zero-order chi connectivity index (χ0) is 15.4. The Balaban J connectivity index is 2.23. The van der Waals surface area contributed by atoms with Gasteiger partial charge < -0.3 is 5.21 Å². The highest BCUT2D eigenvalue weighted by molar-refractivity contribution is 6.03. The van der Waals surface area contributed by atoms with Gasteiger partial charge in [-0.15, -0.1) is 0 Å². The minimum Gasteiger partial charge on any atom is -0.714 e. The molecule has 1 heterocycles. The number of nitrogens with zero attached hydrogens (tertiary/aromatic N) is 2. The molecule has 3 rings (SSSR count). The van der Waals surface area contributed by atoms with Crippen LogP contribution in [0.2, 0.25) is 0 Å². The molecule has 0 fully saturated rings. The first-order valence-corrected chi connectivity index (χ1v) is 7.08. The van der Waals surface area contributed by atoms with Gasteiger partial charge in [-0.2, -0.15) is 0 Å². The largest absolute Gasteiger partial charge is 0.714 e. The zero-order valence-electron chi connectivity index (χ0n) is 12.8. The average molecular weight is 283 g/mol. The van der Waals surface area contributed by atoms with Gasteiger partial charge in [-0.05, 0) is 44.9 Å². The van der Waals surface area contributed by atoms with Crippen molar-refractivity contribution in [3.8, 4) is 11.1 Å². The standard InChI is InChI=1S/C17H19N2O2/c1-16(2)17(3,4)19(21)15(18(16)20)14-11-10-12-8-6-5-7-9-13(12)14/h5-11H,1-4H3. The van der Waals surface area contributed by atoms with Gasteiger partial charge in [0.1, 0.15) is 5.54 Å². The van der Waals surface area contributed by atoms with Gasteiger partial charge >= 0.3 is 5.84 Å². The lowest BCUT2D eigenvalue weighted by Gasteiger charge is -2.32. The average Bonchev–Trinajstić information content (AvgIpc) is 2.73. The molecule has 2 aliphatic carbocycles. The number of hydrogen-bond donors (Lipinski definition) is 0. The van der Waals surface area contributed by atoms with Crippen LogP contribution in [0.5, 0.6) is 0 Å². The third kappa shape index (κ3) is 1.69. The molecule has 0 saturated carbocycles. The Bertz CT molecular complexity index is 704. The van der Waals surface area contributed by atoms with Gasteiger partial charge in [-0.3, -0.25) is 4.74 Å². The molecule has 0 atom stereocenters. The van der Waals surface area contributed by atoms with Gasteiger partial charge in [0.2, 0.25) is 0 Å². The molecule has 0 aromatic carbocycles. The van der Waals surface area contributed by atoms with Crippen molar-refractivity contribution in [2.45, 2.75) is 38.8 Å². The van der Waals surface area contributed by atoms with Crippen LogP contribution in [-0.4, -0.2) is 26.7 Å². The molecule has 0 aromatic heterocycles. The molecular weight excluding hydrogens is 264 g/mol. The van der Waals surface area contributed by atoms with Crippen molar-refractivity contribution in [1.82, 2.24) is 5.06 Å². The number of hydrogen-bond acceptors (Lipinski definition) is 2. The predicted octanol–water partition coefficient (Wildman–Crippen LogP) is 3.27. The molecule has 0 amide bonds. The second kappa shape index (κ2) is 4.21. The lowest BCUT2D eigenvalue weighted by Crippen LogP contribution is -2.53. The van der Waals surface area contributed by atoms with E-state index in [4.69, 9.17) is 0 Å². The van der Waals surface area contributed by atoms with Gasteiger partial charge in [0.25, 0.3) is 0 Å². The molecule has 1 radical (unpaired) electrons. The summed E-state index contributed by atoms with van der Waals surface area (Å²) < 4.78 is 0.863. The van der Waals surface area contributed by atoms with Gasteiger partial charge in [-0.25, -0.2) is 0 Å². The van der Waals surface area contributed by atoms with E-state index in [0.29, 0.717) is 5.56 Å². The Morgan fingerprint density at radius 3 is 2.24 bits per heavy atom. The molecule has 0 bridgehead atoms. The summed E-state index contributed by atoms with van der Waals surface area (Å²) in [6.45, 7) is 7.23. The maximum absolute atomic E-state index is 12.7. The molecule has 1 aliphatic heterocycles. The summed E-state index contributed by atoms with van der Waals surface area (Å²) in [7, 11) is 0. The topological polar surface area (TPSA) is 49.2 Å². The predicted molar refractivity (Wildman–Crippen MR) is 81.5 cm³/mol. The van der Waals surface area contributed by atoms with E-state index in [1.807, 2.05) is 70.2 Å². The van der Waals surface area contributed by atoms with Crippen LogP contribution in [0.15, 0.2) is 42.5 Å². The maximum atomic E-state index is 12.7. The van der Waals surface area contributed by atoms with Crippen molar-refractivity contribution < 1.29 is 9.95 Å². The van der Waals surface area contributed by atoms with Crippen LogP contribution in [0.25, 0.3) is 11.1 Å². The summed E-state index contributed by atoms with van der Waals surface area (Å²) in [6.07, 6.45) is 0. The van der Waals surface area contributed by atoms with Crippen molar-refractivity contribution in [3.05, 3.63) is 53.2 Å². The molecule has 0 unspecified atom stereocenters. The SMILES string of the molecule is CC1(C)N([O])C(c2ccc3cccccc2-3)=[N+]([O-])C1(C)C. The molecule has 109 valence electrons. The molecule has 4 heteroatoms. The molecule has 21 heavy (non-hydrogen) atoms. The van der Waals surface area contributed by atoms with E-state index < -0.39 is 11.1 Å². The van der Waals surface area contributed by atoms with Crippen LogP contribution < -0.4 is 0 Å². The zero-order valence-corrected chi connectivity index (χ0v) is 12.8. The van der Waals surface area contributed by atoms with E-state index in [1.54, 1.807) is 0 Å². The van der Waals surface area contributed by atoms with E-state index in [2.05, 4.69) is 0 Å². The first-order chi connectivity index (χ1) is 9.78. The third-order valence-electron chi connectivity index (χ3n) is 4.93. The molecule has 3 aliphatic rings. The maximum Gasteiger partial charge on any atom is 0.317 e. The quantitative estimate of drug-likeness (QED) is 0.595. The Labute approximate surface area is 124 Å². The first kappa shape index (κ1) is 13.9. The van der Waals surface area contributed by atoms with Crippen LogP contribution in [0.1, 0.15) is 33.3 Å². The van der Waals surface area contributed by atoms with Gasteiger partial charge in [-0.1, -0.05) is 41.5 Å². The fourth-order valence-corrected chi connectivity index (χ4v) is 2.74. The first-order valence-electron chi connectivity index (χ1n) is 7.08. The Morgan fingerprint density at radius 2 is 1.62 bits per heavy atom. The van der Waals surface area contributed by atoms with Crippen molar-refractivity contribution in [2.75, 3.05) is 0 Å². The van der Waals surface area contributed by atoms with E-state index in [-0.39, 0.29) is 5.84 Å².